The van der Waals surface area contributed by atoms with E-state index in [1.54, 1.807) is 0 Å². The molecule has 0 radical (unpaired) electrons. The summed E-state index contributed by atoms with van der Waals surface area (Å²) in [5, 5.41) is 5.85. The molecule has 1 fully saturated rings. The van der Waals surface area contributed by atoms with Gasteiger partial charge in [0.25, 0.3) is 5.91 Å². The van der Waals surface area contributed by atoms with Crippen molar-refractivity contribution < 1.29 is 9.59 Å². The highest BCUT2D eigenvalue weighted by Crippen LogP contribution is 2.26. The van der Waals surface area contributed by atoms with E-state index >= 15 is 0 Å². The van der Waals surface area contributed by atoms with Crippen molar-refractivity contribution in [2.24, 2.45) is 16.8 Å². The summed E-state index contributed by atoms with van der Waals surface area (Å²) < 4.78 is 0. The number of nitrogens with zero attached hydrogens (tertiary/aromatic N) is 3. The van der Waals surface area contributed by atoms with Crippen LogP contribution in [0, 0.1) is 19.8 Å². The van der Waals surface area contributed by atoms with E-state index in [2.05, 4.69) is 5.10 Å². The van der Waals surface area contributed by atoms with E-state index in [-0.39, 0.29) is 11.8 Å². The lowest BCUT2D eigenvalue weighted by atomic mass is 9.97. The van der Waals surface area contributed by atoms with E-state index in [9.17, 15) is 9.59 Å². The summed E-state index contributed by atoms with van der Waals surface area (Å²) in [5.74, 6) is 0.239. The van der Waals surface area contributed by atoms with E-state index in [0.717, 1.165) is 36.2 Å². The first-order chi connectivity index (χ1) is 12.0. The lowest BCUT2D eigenvalue weighted by Gasteiger charge is -2.33. The zero-order chi connectivity index (χ0) is 18.0. The van der Waals surface area contributed by atoms with Crippen LogP contribution in [0.2, 0.25) is 0 Å². The Balaban J connectivity index is 1.85. The fourth-order valence-electron chi connectivity index (χ4n) is 3.47. The number of hydrogen-bond donors (Lipinski definition) is 1. The topological polar surface area (TPSA) is 79.0 Å². The molecule has 1 aromatic rings. The predicted molar refractivity (Wildman–Crippen MR) is 98.4 cm³/mol. The molecule has 25 heavy (non-hydrogen) atoms. The van der Waals surface area contributed by atoms with E-state index < -0.39 is 0 Å². The minimum atomic E-state index is -0.0660. The quantitative estimate of drug-likeness (QED) is 0.912. The summed E-state index contributed by atoms with van der Waals surface area (Å²) >= 11 is 0. The van der Waals surface area contributed by atoms with Crippen molar-refractivity contribution in [3.8, 4) is 0 Å². The minimum Gasteiger partial charge on any atom is -0.337 e. The first-order valence-electron chi connectivity index (χ1n) is 8.96. The summed E-state index contributed by atoms with van der Waals surface area (Å²) in [4.78, 5) is 27.1. The number of nitrogens with two attached hydrogens (primary N) is 1. The maximum absolute atomic E-state index is 12.9. The number of likely N-dealkylation sites (tertiary alicyclic amines) is 1. The van der Waals surface area contributed by atoms with Crippen LogP contribution >= 0.6 is 0 Å². The average molecular weight is 342 g/mol. The summed E-state index contributed by atoms with van der Waals surface area (Å²) in [6.07, 6.45) is 2.76. The second-order valence-electron chi connectivity index (χ2n) is 7.04. The third-order valence-corrected chi connectivity index (χ3v) is 5.01. The van der Waals surface area contributed by atoms with Crippen LogP contribution in [-0.2, 0) is 9.59 Å². The number of hydrazone groups is 1. The molecule has 1 saturated heterocycles. The average Bonchev–Trinajstić information content (AvgIpc) is 2.63. The van der Waals surface area contributed by atoms with Crippen molar-refractivity contribution in [2.45, 2.75) is 39.5 Å². The van der Waals surface area contributed by atoms with Crippen LogP contribution in [-0.4, -0.2) is 42.1 Å². The molecule has 2 aliphatic heterocycles. The molecule has 0 aromatic heterocycles. The Kier molecular flexibility index (Phi) is 5.18. The van der Waals surface area contributed by atoms with Gasteiger partial charge in [-0.05, 0) is 56.3 Å². The van der Waals surface area contributed by atoms with Crippen molar-refractivity contribution in [3.05, 3.63) is 29.3 Å². The van der Waals surface area contributed by atoms with Crippen molar-refractivity contribution in [1.82, 2.24) is 4.90 Å². The number of hydrogen-bond acceptors (Lipinski definition) is 4. The molecule has 2 heterocycles. The van der Waals surface area contributed by atoms with Gasteiger partial charge < -0.3 is 10.6 Å². The molecular formula is C19H26N4O2. The van der Waals surface area contributed by atoms with Crippen LogP contribution in [0.1, 0.15) is 36.8 Å². The van der Waals surface area contributed by atoms with Crippen molar-refractivity contribution in [3.63, 3.8) is 0 Å². The van der Waals surface area contributed by atoms with E-state index in [1.165, 1.54) is 5.01 Å². The van der Waals surface area contributed by atoms with Crippen LogP contribution in [0.5, 0.6) is 0 Å². The molecule has 1 atom stereocenters. The smallest absolute Gasteiger partial charge is 0.270 e. The van der Waals surface area contributed by atoms with E-state index in [1.807, 2.05) is 36.9 Å². The summed E-state index contributed by atoms with van der Waals surface area (Å²) in [6.45, 7) is 5.96. The third-order valence-electron chi connectivity index (χ3n) is 5.01. The van der Waals surface area contributed by atoms with Gasteiger partial charge in [-0.1, -0.05) is 12.1 Å². The van der Waals surface area contributed by atoms with Crippen molar-refractivity contribution in [1.29, 1.82) is 0 Å². The molecule has 1 aromatic carbocycles. The number of carbonyl (C=O) groups is 2. The second-order valence-corrected chi connectivity index (χ2v) is 7.04. The van der Waals surface area contributed by atoms with Gasteiger partial charge in [0.15, 0.2) is 0 Å². The molecule has 2 amide bonds. The highest BCUT2D eigenvalue weighted by atomic mass is 16.2. The molecule has 2 aliphatic rings. The number of piperidine rings is 1. The van der Waals surface area contributed by atoms with Crippen molar-refractivity contribution in [2.75, 3.05) is 24.6 Å². The van der Waals surface area contributed by atoms with Gasteiger partial charge in [0.05, 0.1) is 5.69 Å². The molecular weight excluding hydrogens is 316 g/mol. The molecule has 1 unspecified atom stereocenters. The number of amides is 2. The summed E-state index contributed by atoms with van der Waals surface area (Å²) in [5.41, 5.74) is 9.03. The normalized spacial score (nSPS) is 21.3. The Morgan fingerprint density at radius 2 is 2.12 bits per heavy atom. The molecule has 6 nitrogen and oxygen atoms in total. The Hall–Kier alpha value is -2.21. The van der Waals surface area contributed by atoms with Crippen LogP contribution in [0.15, 0.2) is 23.3 Å². The van der Waals surface area contributed by atoms with Crippen molar-refractivity contribution >= 4 is 23.2 Å². The second kappa shape index (κ2) is 7.35. The summed E-state index contributed by atoms with van der Waals surface area (Å²) in [6, 6.07) is 5.92. The fraction of sp³-hybridized carbons (Fsp3) is 0.526. The molecule has 0 aliphatic carbocycles. The number of benzene rings is 1. The molecule has 0 bridgehead atoms. The standard InChI is InChI=1S/C19H26N4O2/c1-13-5-6-14(2)17(10-13)23-18(24)8-7-16(21-23)19(25)22-9-3-4-15(11-20)12-22/h5-6,10,15H,3-4,7-9,11-12,20H2,1-2H3. The third kappa shape index (κ3) is 3.74. The van der Waals surface area contributed by atoms with Crippen LogP contribution in [0.3, 0.4) is 0 Å². The Morgan fingerprint density at radius 3 is 2.88 bits per heavy atom. The Morgan fingerprint density at radius 1 is 1.32 bits per heavy atom. The monoisotopic (exact) mass is 342 g/mol. The molecule has 3 rings (SSSR count). The number of aryl methyl sites for hydroxylation is 2. The predicted octanol–water partition coefficient (Wildman–Crippen LogP) is 1.98. The molecule has 0 spiro atoms. The zero-order valence-corrected chi connectivity index (χ0v) is 15.0. The first kappa shape index (κ1) is 17.6. The lowest BCUT2D eigenvalue weighted by molar-refractivity contribution is -0.126. The Bertz CT molecular complexity index is 713. The SMILES string of the molecule is Cc1ccc(C)c(N2N=C(C(=O)N3CCCC(CN)C3)CCC2=O)c1. The number of carbonyl (C=O) groups excluding carboxylic acids is 2. The van der Waals surface area contributed by atoms with Gasteiger partial charge in [-0.25, -0.2) is 5.01 Å². The van der Waals surface area contributed by atoms with Crippen LogP contribution < -0.4 is 10.7 Å². The lowest BCUT2D eigenvalue weighted by Crippen LogP contribution is -2.47. The molecule has 0 saturated carbocycles. The van der Waals surface area contributed by atoms with Gasteiger partial charge >= 0.3 is 0 Å². The highest BCUT2D eigenvalue weighted by Gasteiger charge is 2.31. The van der Waals surface area contributed by atoms with Gasteiger partial charge in [0, 0.05) is 25.9 Å². The van der Waals surface area contributed by atoms with Gasteiger partial charge in [-0.3, -0.25) is 9.59 Å². The van der Waals surface area contributed by atoms with Gasteiger partial charge in [0.2, 0.25) is 5.91 Å². The van der Waals surface area contributed by atoms with Gasteiger partial charge in [-0.15, -0.1) is 0 Å². The Labute approximate surface area is 148 Å². The van der Waals surface area contributed by atoms with Gasteiger partial charge in [0.1, 0.15) is 5.71 Å². The largest absolute Gasteiger partial charge is 0.337 e. The molecule has 6 heteroatoms. The summed E-state index contributed by atoms with van der Waals surface area (Å²) in [7, 11) is 0. The molecule has 2 N–H and O–H groups in total. The fourth-order valence-corrected chi connectivity index (χ4v) is 3.47. The van der Waals surface area contributed by atoms with E-state index in [4.69, 9.17) is 5.73 Å². The first-order valence-corrected chi connectivity index (χ1v) is 8.96. The number of anilines is 1. The zero-order valence-electron chi connectivity index (χ0n) is 15.0. The van der Waals surface area contributed by atoms with Gasteiger partial charge in [-0.2, -0.15) is 5.10 Å². The highest BCUT2D eigenvalue weighted by molar-refractivity contribution is 6.40. The van der Waals surface area contributed by atoms with Crippen LogP contribution in [0.25, 0.3) is 0 Å². The maximum Gasteiger partial charge on any atom is 0.270 e. The number of rotatable bonds is 3. The maximum atomic E-state index is 12.9. The van der Waals surface area contributed by atoms with Crippen LogP contribution in [0.4, 0.5) is 5.69 Å². The van der Waals surface area contributed by atoms with E-state index in [0.29, 0.717) is 37.6 Å². The molecule has 134 valence electrons. The minimum absolute atomic E-state index is 0.0547.